The summed E-state index contributed by atoms with van der Waals surface area (Å²) < 4.78 is 39.0. The Kier molecular flexibility index (Phi) is 18.1. The summed E-state index contributed by atoms with van der Waals surface area (Å²) in [6.45, 7) is 26.1. The number of nitrogens with one attached hydrogen (secondary N) is 3. The van der Waals surface area contributed by atoms with Crippen LogP contribution in [0, 0.1) is 59.2 Å². The number of ether oxygens (including phenoxy) is 6. The summed E-state index contributed by atoms with van der Waals surface area (Å²) in [6, 6.07) is 0. The Labute approximate surface area is 323 Å². The minimum absolute atomic E-state index is 0.0000440. The number of hydrogen-bond donors (Lipinski definition) is 5. The molecule has 3 aliphatic rings. The third-order valence-electron chi connectivity index (χ3n) is 12.7. The number of rotatable bonds is 17. The standard InChI is InChI=1S/C40H73N3O11/c1-19(2)14-30-24(8)21(5)27(11)38(52-30)49-16-32-26(10)23(7)29(15-33(44)42-18-43-37(48)35(46)34(45)36(47)41-13)40(54-32)50-17-31-25(9)22(6)28(12)39(53-31)51-20(3)4/h19-32,34-35,38-40,45-46H,14-18H2,1-13H3,(H,41,47)(H,42,44)(H,43,48)/t21-,22-,23-,24+,25+,26+,27?,28?,29?,30?,31?,32?,34?,35?,38+,39+,40+/m0/s1. The maximum atomic E-state index is 13.3. The van der Waals surface area contributed by atoms with Gasteiger partial charge < -0.3 is 54.6 Å². The molecule has 0 radical (unpaired) electrons. The lowest BCUT2D eigenvalue weighted by Gasteiger charge is -2.47. The van der Waals surface area contributed by atoms with E-state index in [2.05, 4.69) is 85.2 Å². The summed E-state index contributed by atoms with van der Waals surface area (Å²) in [5.74, 6) is -0.401. The van der Waals surface area contributed by atoms with Crippen molar-refractivity contribution in [3.05, 3.63) is 0 Å². The number of aliphatic hydroxyl groups excluding tert-OH is 2. The average molecular weight is 772 g/mol. The summed E-state index contributed by atoms with van der Waals surface area (Å²) in [7, 11) is 1.27. The molecule has 3 fully saturated rings. The minimum atomic E-state index is -2.00. The molecule has 0 aromatic carbocycles. The molecule has 0 aromatic rings. The molecule has 0 saturated carbocycles. The minimum Gasteiger partial charge on any atom is -0.380 e. The molecule has 0 aromatic heterocycles. The molecule has 3 aliphatic heterocycles. The van der Waals surface area contributed by atoms with Gasteiger partial charge in [-0.1, -0.05) is 69.2 Å². The fourth-order valence-corrected chi connectivity index (χ4v) is 7.96. The summed E-state index contributed by atoms with van der Waals surface area (Å²) in [6.07, 6.45) is -4.90. The molecule has 0 spiro atoms. The predicted octanol–water partition coefficient (Wildman–Crippen LogP) is 3.42. The number of carbonyl (C=O) groups excluding carboxylic acids is 3. The van der Waals surface area contributed by atoms with E-state index < -0.39 is 30.3 Å². The number of carbonyl (C=O) groups is 3. The van der Waals surface area contributed by atoms with Crippen LogP contribution in [0.1, 0.15) is 95.9 Å². The molecule has 17 atom stereocenters. The van der Waals surface area contributed by atoms with E-state index in [0.717, 1.165) is 6.42 Å². The lowest BCUT2D eigenvalue weighted by molar-refractivity contribution is -0.308. The van der Waals surface area contributed by atoms with Crippen LogP contribution in [0.3, 0.4) is 0 Å². The van der Waals surface area contributed by atoms with Gasteiger partial charge in [-0.25, -0.2) is 0 Å². The lowest BCUT2D eigenvalue weighted by Crippen LogP contribution is -2.53. The Bertz CT molecular complexity index is 1190. The van der Waals surface area contributed by atoms with Gasteiger partial charge in [0.15, 0.2) is 31.1 Å². The third-order valence-corrected chi connectivity index (χ3v) is 12.7. The van der Waals surface area contributed by atoms with Crippen molar-refractivity contribution < 1.29 is 53.0 Å². The summed E-state index contributed by atoms with van der Waals surface area (Å²) in [5.41, 5.74) is 0. The first-order valence-electron chi connectivity index (χ1n) is 20.3. The SMILES string of the molecule is CNC(=O)C(O)C(O)C(=O)NCNC(=O)CC1[C@H](OCC2O[C@@H](OC(C)C)C(C)[C@@H](C)[C@H]2C)OC(CO[C@@H]2OC(CC(C)C)[C@H](C)[C@H](C)C2C)[C@H](C)[C@@H]1C. The van der Waals surface area contributed by atoms with E-state index >= 15 is 0 Å². The predicted molar refractivity (Wildman–Crippen MR) is 202 cm³/mol. The van der Waals surface area contributed by atoms with Gasteiger partial charge in [0, 0.05) is 31.2 Å². The first-order valence-corrected chi connectivity index (χ1v) is 20.3. The van der Waals surface area contributed by atoms with Crippen LogP contribution < -0.4 is 16.0 Å². The molecule has 3 saturated heterocycles. The van der Waals surface area contributed by atoms with E-state index in [1.807, 2.05) is 13.8 Å². The van der Waals surface area contributed by atoms with E-state index in [4.69, 9.17) is 28.4 Å². The van der Waals surface area contributed by atoms with Gasteiger partial charge in [0.05, 0.1) is 44.3 Å². The van der Waals surface area contributed by atoms with Crippen LogP contribution in [0.2, 0.25) is 0 Å². The van der Waals surface area contributed by atoms with Crippen molar-refractivity contribution in [3.8, 4) is 0 Å². The smallest absolute Gasteiger partial charge is 0.253 e. The Hall–Kier alpha value is -1.91. The van der Waals surface area contributed by atoms with E-state index in [-0.39, 0.29) is 98.1 Å². The van der Waals surface area contributed by atoms with Crippen LogP contribution in [0.25, 0.3) is 0 Å². The molecule has 3 amide bonds. The van der Waals surface area contributed by atoms with Crippen LogP contribution >= 0.6 is 0 Å². The molecule has 3 rings (SSSR count). The van der Waals surface area contributed by atoms with Gasteiger partial charge in [-0.15, -0.1) is 0 Å². The zero-order chi connectivity index (χ0) is 40.6. The van der Waals surface area contributed by atoms with Gasteiger partial charge in [0.25, 0.3) is 11.8 Å². The van der Waals surface area contributed by atoms with Crippen molar-refractivity contribution >= 4 is 17.7 Å². The number of likely N-dealkylation sites (N-methyl/N-ethyl adjacent to an activating group) is 1. The normalized spacial score (nSPS) is 38.5. The van der Waals surface area contributed by atoms with E-state index in [1.54, 1.807) is 0 Å². The van der Waals surface area contributed by atoms with Crippen molar-refractivity contribution in [2.75, 3.05) is 26.9 Å². The Balaban J connectivity index is 1.73. The average Bonchev–Trinajstić information content (AvgIpc) is 3.12. The fraction of sp³-hybridized carbons (Fsp3) is 0.925. The van der Waals surface area contributed by atoms with Crippen molar-refractivity contribution in [1.29, 1.82) is 0 Å². The summed E-state index contributed by atoms with van der Waals surface area (Å²) in [4.78, 5) is 37.2. The maximum Gasteiger partial charge on any atom is 0.253 e. The van der Waals surface area contributed by atoms with Crippen LogP contribution in [0.5, 0.6) is 0 Å². The Morgan fingerprint density at radius 3 is 1.65 bits per heavy atom. The lowest BCUT2D eigenvalue weighted by atomic mass is 9.76. The van der Waals surface area contributed by atoms with Crippen LogP contribution in [0.15, 0.2) is 0 Å². The molecular weight excluding hydrogens is 698 g/mol. The van der Waals surface area contributed by atoms with Gasteiger partial charge in [0.1, 0.15) is 0 Å². The highest BCUT2D eigenvalue weighted by Gasteiger charge is 2.46. The Morgan fingerprint density at radius 2 is 1.09 bits per heavy atom. The molecule has 0 aliphatic carbocycles. The van der Waals surface area contributed by atoms with E-state index in [1.165, 1.54) is 7.05 Å². The van der Waals surface area contributed by atoms with Crippen molar-refractivity contribution in [2.24, 2.45) is 59.2 Å². The van der Waals surface area contributed by atoms with Crippen LogP contribution in [0.4, 0.5) is 0 Å². The van der Waals surface area contributed by atoms with Gasteiger partial charge in [-0.05, 0) is 61.7 Å². The topological polar surface area (TPSA) is 183 Å². The highest BCUT2D eigenvalue weighted by Crippen LogP contribution is 2.42. The number of aliphatic hydroxyl groups is 2. The highest BCUT2D eigenvalue weighted by atomic mass is 16.7. The molecule has 314 valence electrons. The van der Waals surface area contributed by atoms with E-state index in [0.29, 0.717) is 30.3 Å². The second kappa shape index (κ2) is 21.0. The van der Waals surface area contributed by atoms with Gasteiger partial charge in [-0.2, -0.15) is 0 Å². The zero-order valence-electron chi connectivity index (χ0n) is 35.1. The van der Waals surface area contributed by atoms with Crippen molar-refractivity contribution in [2.45, 2.75) is 151 Å². The molecule has 3 heterocycles. The fourth-order valence-electron chi connectivity index (χ4n) is 7.96. The quantitative estimate of drug-likeness (QED) is 0.137. The first kappa shape index (κ1) is 46.5. The maximum absolute atomic E-state index is 13.3. The van der Waals surface area contributed by atoms with E-state index in [9.17, 15) is 24.6 Å². The number of hydrogen-bond acceptors (Lipinski definition) is 11. The molecular formula is C40H73N3O11. The second-order valence-corrected chi connectivity index (χ2v) is 17.2. The largest absolute Gasteiger partial charge is 0.380 e. The van der Waals surface area contributed by atoms with Crippen molar-refractivity contribution in [1.82, 2.24) is 16.0 Å². The van der Waals surface area contributed by atoms with Crippen molar-refractivity contribution in [3.63, 3.8) is 0 Å². The third kappa shape index (κ3) is 12.0. The first-order chi connectivity index (χ1) is 25.3. The van der Waals surface area contributed by atoms with Gasteiger partial charge in [0.2, 0.25) is 5.91 Å². The molecule has 5 N–H and O–H groups in total. The van der Waals surface area contributed by atoms with Crippen LogP contribution in [-0.4, -0.2) is 110 Å². The monoisotopic (exact) mass is 772 g/mol. The molecule has 54 heavy (non-hydrogen) atoms. The summed E-state index contributed by atoms with van der Waals surface area (Å²) >= 11 is 0. The number of amides is 3. The zero-order valence-corrected chi connectivity index (χ0v) is 35.1. The second-order valence-electron chi connectivity index (χ2n) is 17.2. The molecule has 14 heteroatoms. The Morgan fingerprint density at radius 1 is 0.611 bits per heavy atom. The molecule has 8 unspecified atom stereocenters. The molecule has 14 nitrogen and oxygen atoms in total. The molecule has 0 bridgehead atoms. The highest BCUT2D eigenvalue weighted by molar-refractivity contribution is 5.90. The van der Waals surface area contributed by atoms with Crippen LogP contribution in [-0.2, 0) is 42.8 Å². The van der Waals surface area contributed by atoms with Gasteiger partial charge in [-0.3, -0.25) is 14.4 Å². The van der Waals surface area contributed by atoms with Gasteiger partial charge >= 0.3 is 0 Å². The summed E-state index contributed by atoms with van der Waals surface area (Å²) in [5, 5.41) is 27.0.